The number of rotatable bonds is 24. The molecule has 0 aromatic heterocycles. The maximum atomic E-state index is 11.7. The lowest BCUT2D eigenvalue weighted by molar-refractivity contribution is 0.289. The van der Waals surface area contributed by atoms with Gasteiger partial charge in [-0.25, -0.2) is 0 Å². The Morgan fingerprint density at radius 3 is 1.73 bits per heavy atom. The second-order valence-electron chi connectivity index (χ2n) is 11.2. The van der Waals surface area contributed by atoms with E-state index in [2.05, 4.69) is 18.8 Å². The highest BCUT2D eigenvalue weighted by Gasteiger charge is 2.06. The summed E-state index contributed by atoms with van der Waals surface area (Å²) in [6, 6.07) is 11.8. The van der Waals surface area contributed by atoms with Crippen LogP contribution in [0.4, 0.5) is 5.69 Å². The third-order valence-corrected chi connectivity index (χ3v) is 7.43. The first-order valence-electron chi connectivity index (χ1n) is 16.4. The maximum Gasteiger partial charge on any atom is 0.220 e. The van der Waals surface area contributed by atoms with E-state index in [1.165, 1.54) is 115 Å². The molecule has 0 aliphatic heterocycles. The maximum absolute atomic E-state index is 11.7. The smallest absolute Gasteiger partial charge is 0.220 e. The summed E-state index contributed by atoms with van der Waals surface area (Å²) in [7, 11) is 0. The number of nitrogens with zero attached hydrogens (tertiary/aromatic N) is 1. The SMILES string of the molecule is CCCCCCCCCCCCOc1ccc(C=Nc2ccc(O)c(=O)cc2)c(OCCCCCCCCCC)c1. The zero-order valence-corrected chi connectivity index (χ0v) is 25.9. The summed E-state index contributed by atoms with van der Waals surface area (Å²) in [6.07, 6.45) is 24.8. The van der Waals surface area contributed by atoms with Gasteiger partial charge in [0.25, 0.3) is 0 Å². The van der Waals surface area contributed by atoms with Crippen molar-refractivity contribution in [3.63, 3.8) is 0 Å². The van der Waals surface area contributed by atoms with Crippen molar-refractivity contribution >= 4 is 11.9 Å². The van der Waals surface area contributed by atoms with Gasteiger partial charge in [-0.2, -0.15) is 0 Å². The number of hydrogen-bond donors (Lipinski definition) is 1. The predicted molar refractivity (Wildman–Crippen MR) is 174 cm³/mol. The molecule has 0 saturated carbocycles. The molecule has 0 aliphatic rings. The number of ether oxygens (including phenoxy) is 2. The highest BCUT2D eigenvalue weighted by molar-refractivity contribution is 5.85. The van der Waals surface area contributed by atoms with E-state index in [0.29, 0.717) is 18.9 Å². The Hall–Kier alpha value is -2.82. The molecule has 0 fully saturated rings. The fraction of sp³-hybridized carbons (Fsp3) is 0.611. The molecule has 1 N–H and O–H groups in total. The fourth-order valence-corrected chi connectivity index (χ4v) is 4.81. The van der Waals surface area contributed by atoms with Gasteiger partial charge in [0.15, 0.2) is 5.75 Å². The van der Waals surface area contributed by atoms with E-state index in [9.17, 15) is 9.90 Å². The molecule has 0 unspecified atom stereocenters. The molecule has 2 aromatic carbocycles. The van der Waals surface area contributed by atoms with E-state index in [0.717, 1.165) is 29.9 Å². The normalized spacial score (nSPS) is 11.3. The molecule has 0 heterocycles. The van der Waals surface area contributed by atoms with Crippen LogP contribution in [0.15, 0.2) is 52.3 Å². The van der Waals surface area contributed by atoms with Crippen LogP contribution in [0.2, 0.25) is 0 Å². The number of unbranched alkanes of at least 4 members (excludes halogenated alkanes) is 16. The van der Waals surface area contributed by atoms with Gasteiger partial charge < -0.3 is 14.6 Å². The van der Waals surface area contributed by atoms with Gasteiger partial charge in [-0.3, -0.25) is 9.79 Å². The summed E-state index contributed by atoms with van der Waals surface area (Å²) < 4.78 is 12.3. The molecule has 2 aromatic rings. The molecule has 5 nitrogen and oxygen atoms in total. The zero-order valence-electron chi connectivity index (χ0n) is 25.9. The van der Waals surface area contributed by atoms with Gasteiger partial charge in [0.05, 0.1) is 18.9 Å². The van der Waals surface area contributed by atoms with Crippen molar-refractivity contribution < 1.29 is 14.6 Å². The summed E-state index contributed by atoms with van der Waals surface area (Å²) in [5.74, 6) is 1.28. The van der Waals surface area contributed by atoms with E-state index >= 15 is 0 Å². The van der Waals surface area contributed by atoms with Gasteiger partial charge >= 0.3 is 0 Å². The van der Waals surface area contributed by atoms with Crippen LogP contribution in [0.25, 0.3) is 0 Å². The minimum atomic E-state index is -0.426. The third kappa shape index (κ3) is 16.3. The Kier molecular flexibility index (Phi) is 19.1. The first kappa shape index (κ1) is 34.4. The van der Waals surface area contributed by atoms with Crippen LogP contribution in [-0.2, 0) is 0 Å². The number of hydrogen-bond acceptors (Lipinski definition) is 5. The van der Waals surface area contributed by atoms with Gasteiger partial charge in [-0.15, -0.1) is 0 Å². The van der Waals surface area contributed by atoms with E-state index in [-0.39, 0.29) is 5.75 Å². The van der Waals surface area contributed by atoms with Crippen molar-refractivity contribution in [3.8, 4) is 17.2 Å². The molecule has 228 valence electrons. The average Bonchev–Trinajstić information content (AvgIpc) is 3.14. The second kappa shape index (κ2) is 22.8. The Balaban J connectivity index is 1.86. The summed E-state index contributed by atoms with van der Waals surface area (Å²) >= 11 is 0. The lowest BCUT2D eigenvalue weighted by Crippen LogP contribution is -2.02. The molecule has 0 radical (unpaired) electrons. The Labute approximate surface area is 249 Å². The van der Waals surface area contributed by atoms with Gasteiger partial charge in [0.2, 0.25) is 5.43 Å². The minimum absolute atomic E-state index is 0.287. The van der Waals surface area contributed by atoms with Crippen LogP contribution in [0, 0.1) is 0 Å². The van der Waals surface area contributed by atoms with Crippen molar-refractivity contribution in [2.75, 3.05) is 13.2 Å². The molecule has 0 bridgehead atoms. The molecular formula is C36H55NO4. The van der Waals surface area contributed by atoms with Crippen molar-refractivity contribution in [2.45, 2.75) is 129 Å². The van der Waals surface area contributed by atoms with E-state index in [4.69, 9.17) is 9.47 Å². The second-order valence-corrected chi connectivity index (χ2v) is 11.2. The fourth-order valence-electron chi connectivity index (χ4n) is 4.81. The van der Waals surface area contributed by atoms with Crippen molar-refractivity contribution in [1.82, 2.24) is 0 Å². The molecule has 5 heteroatoms. The molecule has 0 spiro atoms. The third-order valence-electron chi connectivity index (χ3n) is 7.43. The average molecular weight is 566 g/mol. The van der Waals surface area contributed by atoms with Crippen molar-refractivity contribution in [2.24, 2.45) is 4.99 Å². The lowest BCUT2D eigenvalue weighted by atomic mass is 10.1. The van der Waals surface area contributed by atoms with E-state index in [1.54, 1.807) is 18.3 Å². The number of aliphatic imine (C=N–C) groups is 1. The molecule has 41 heavy (non-hydrogen) atoms. The first-order chi connectivity index (χ1) is 20.1. The van der Waals surface area contributed by atoms with Crippen LogP contribution in [-0.4, -0.2) is 24.5 Å². The Morgan fingerprint density at radius 1 is 0.634 bits per heavy atom. The quantitative estimate of drug-likeness (QED) is 0.102. The monoisotopic (exact) mass is 565 g/mol. The Morgan fingerprint density at radius 2 is 1.15 bits per heavy atom. The topological polar surface area (TPSA) is 68.1 Å². The lowest BCUT2D eigenvalue weighted by Gasteiger charge is -2.12. The molecule has 0 aliphatic carbocycles. The van der Waals surface area contributed by atoms with E-state index in [1.807, 2.05) is 18.2 Å². The number of benzene rings is 1. The van der Waals surface area contributed by atoms with Gasteiger partial charge in [0.1, 0.15) is 11.5 Å². The van der Waals surface area contributed by atoms with Gasteiger partial charge in [-0.05, 0) is 49.2 Å². The molecule has 0 amide bonds. The van der Waals surface area contributed by atoms with Crippen molar-refractivity contribution in [3.05, 3.63) is 58.3 Å². The van der Waals surface area contributed by atoms with Crippen LogP contribution in [0.3, 0.4) is 0 Å². The minimum Gasteiger partial charge on any atom is -0.504 e. The van der Waals surface area contributed by atoms with Crippen LogP contribution in [0.1, 0.15) is 135 Å². The van der Waals surface area contributed by atoms with Crippen LogP contribution in [0.5, 0.6) is 17.2 Å². The van der Waals surface area contributed by atoms with Gasteiger partial charge in [-0.1, -0.05) is 117 Å². The molecular weight excluding hydrogens is 510 g/mol. The van der Waals surface area contributed by atoms with Gasteiger partial charge in [0, 0.05) is 17.8 Å². The number of aromatic hydroxyl groups is 1. The Bertz CT molecular complexity index is 1040. The summed E-state index contributed by atoms with van der Waals surface area (Å²) in [5, 5.41) is 9.66. The molecule has 0 saturated heterocycles. The van der Waals surface area contributed by atoms with Crippen molar-refractivity contribution in [1.29, 1.82) is 0 Å². The van der Waals surface area contributed by atoms with Crippen LogP contribution >= 0.6 is 0 Å². The molecule has 2 rings (SSSR count). The largest absolute Gasteiger partial charge is 0.504 e. The highest BCUT2D eigenvalue weighted by atomic mass is 16.5. The summed E-state index contributed by atoms with van der Waals surface area (Å²) in [4.78, 5) is 16.2. The first-order valence-corrected chi connectivity index (χ1v) is 16.4. The summed E-state index contributed by atoms with van der Waals surface area (Å²) in [5.41, 5.74) is 1.01. The molecule has 0 atom stereocenters. The standard InChI is InChI=1S/C36H55NO4/c1-3-5-7-9-11-13-14-16-17-19-27-40-33-24-21-31(30-37-32-22-25-34(38)35(39)26-23-32)36(29-33)41-28-20-18-15-12-10-8-6-4-2/h21-26,29-30H,3-20,27-28H2,1-2H3,(H,38,39). The van der Waals surface area contributed by atoms with E-state index < -0.39 is 5.43 Å². The summed E-state index contributed by atoms with van der Waals surface area (Å²) in [6.45, 7) is 5.89. The highest BCUT2D eigenvalue weighted by Crippen LogP contribution is 2.26. The zero-order chi connectivity index (χ0) is 29.4. The predicted octanol–water partition coefficient (Wildman–Crippen LogP) is 10.3. The van der Waals surface area contributed by atoms with Crippen LogP contribution < -0.4 is 14.9 Å².